The van der Waals surface area contributed by atoms with Crippen LogP contribution in [0.4, 0.5) is 4.39 Å². The Labute approximate surface area is 217 Å². The predicted molar refractivity (Wildman–Crippen MR) is 135 cm³/mol. The molecular formula is C28H20Cl2FNO4. The van der Waals surface area contributed by atoms with E-state index >= 15 is 0 Å². The molecule has 3 aromatic rings. The number of nitrogens with one attached hydrogen (secondary N) is 1. The van der Waals surface area contributed by atoms with E-state index in [0.717, 1.165) is 5.56 Å². The van der Waals surface area contributed by atoms with Gasteiger partial charge in [0.15, 0.2) is 11.5 Å². The zero-order valence-corrected chi connectivity index (χ0v) is 20.8. The number of hydrogen-bond donors (Lipinski definition) is 1. The highest BCUT2D eigenvalue weighted by molar-refractivity contribution is 6.37. The molecule has 0 radical (unpaired) electrons. The normalized spacial score (nSPS) is 16.5. The molecule has 0 aromatic heterocycles. The Morgan fingerprint density at radius 2 is 1.67 bits per heavy atom. The summed E-state index contributed by atoms with van der Waals surface area (Å²) in [6, 6.07) is 16.7. The highest BCUT2D eigenvalue weighted by Gasteiger charge is 2.43. The highest BCUT2D eigenvalue weighted by atomic mass is 35.5. The maximum atomic E-state index is 14.0. The summed E-state index contributed by atoms with van der Waals surface area (Å²) >= 11 is 13.1. The number of rotatable bonds is 5. The Bertz CT molecular complexity index is 1470. The van der Waals surface area contributed by atoms with Gasteiger partial charge in [0, 0.05) is 33.9 Å². The summed E-state index contributed by atoms with van der Waals surface area (Å²) in [7, 11) is 1.29. The summed E-state index contributed by atoms with van der Waals surface area (Å²) in [5.74, 6) is -1.77. The van der Waals surface area contributed by atoms with Crippen LogP contribution in [0.5, 0.6) is 5.75 Å². The summed E-state index contributed by atoms with van der Waals surface area (Å²) < 4.78 is 24.8. The fraction of sp³-hybridized carbons (Fsp3) is 0.143. The molecule has 5 rings (SSSR count). The largest absolute Gasteiger partial charge is 0.486 e. The number of ether oxygens (including phenoxy) is 2. The molecule has 2 aliphatic rings. The van der Waals surface area contributed by atoms with E-state index in [2.05, 4.69) is 5.32 Å². The average molecular weight is 524 g/mol. The van der Waals surface area contributed by atoms with E-state index in [1.165, 1.54) is 13.2 Å². The Kier molecular flexibility index (Phi) is 6.33. The topological polar surface area (TPSA) is 64.6 Å². The SMILES string of the molecule is COC(=O)C1=C(C)NC2=C(C(=O)c3ccccc32)[C@@H]1c1cc(Cl)c(OCc2ccccc2F)c(Cl)c1. The third-order valence-corrected chi connectivity index (χ3v) is 6.90. The van der Waals surface area contributed by atoms with Crippen LogP contribution in [-0.2, 0) is 16.1 Å². The lowest BCUT2D eigenvalue weighted by Crippen LogP contribution is -2.29. The second kappa shape index (κ2) is 9.45. The van der Waals surface area contributed by atoms with E-state index in [1.807, 2.05) is 12.1 Å². The second-order valence-corrected chi connectivity index (χ2v) is 9.26. The van der Waals surface area contributed by atoms with Crippen molar-refractivity contribution < 1.29 is 23.5 Å². The van der Waals surface area contributed by atoms with Crippen molar-refractivity contribution in [3.8, 4) is 5.75 Å². The van der Waals surface area contributed by atoms with Gasteiger partial charge in [-0.05, 0) is 30.7 Å². The zero-order valence-electron chi connectivity index (χ0n) is 19.3. The molecule has 3 aromatic carbocycles. The first kappa shape index (κ1) is 24.1. The van der Waals surface area contributed by atoms with Crippen LogP contribution >= 0.6 is 23.2 Å². The Hall–Kier alpha value is -3.61. The second-order valence-electron chi connectivity index (χ2n) is 8.45. The number of fused-ring (bicyclic) bond motifs is 2. The van der Waals surface area contributed by atoms with Gasteiger partial charge in [0.1, 0.15) is 12.4 Å². The number of benzene rings is 3. The van der Waals surface area contributed by atoms with Gasteiger partial charge in [0.25, 0.3) is 0 Å². The number of Topliss-reactive ketones (excluding diaryl/α,β-unsaturated/α-hetero) is 1. The molecule has 1 atom stereocenters. The van der Waals surface area contributed by atoms with Gasteiger partial charge >= 0.3 is 5.97 Å². The molecule has 36 heavy (non-hydrogen) atoms. The molecule has 1 aliphatic heterocycles. The number of carbonyl (C=O) groups excluding carboxylic acids is 2. The predicted octanol–water partition coefficient (Wildman–Crippen LogP) is 6.45. The molecular weight excluding hydrogens is 504 g/mol. The summed E-state index contributed by atoms with van der Waals surface area (Å²) in [6.07, 6.45) is 0. The van der Waals surface area contributed by atoms with Crippen LogP contribution < -0.4 is 10.1 Å². The number of ketones is 1. The smallest absolute Gasteiger partial charge is 0.336 e. The van der Waals surface area contributed by atoms with E-state index in [-0.39, 0.29) is 33.8 Å². The number of allylic oxidation sites excluding steroid dienone is 2. The van der Waals surface area contributed by atoms with Gasteiger partial charge < -0.3 is 14.8 Å². The van der Waals surface area contributed by atoms with Gasteiger partial charge in [-0.15, -0.1) is 0 Å². The van der Waals surface area contributed by atoms with E-state index in [1.54, 1.807) is 49.4 Å². The molecule has 1 aliphatic carbocycles. The lowest BCUT2D eigenvalue weighted by atomic mass is 9.80. The third-order valence-electron chi connectivity index (χ3n) is 6.34. The van der Waals surface area contributed by atoms with Crippen molar-refractivity contribution >= 4 is 40.7 Å². The molecule has 0 amide bonds. The minimum absolute atomic E-state index is 0.0751. The third kappa shape index (κ3) is 3.96. The van der Waals surface area contributed by atoms with Crippen molar-refractivity contribution in [1.29, 1.82) is 0 Å². The van der Waals surface area contributed by atoms with E-state index < -0.39 is 17.7 Å². The molecule has 5 nitrogen and oxygen atoms in total. The minimum atomic E-state index is -0.774. The average Bonchev–Trinajstić information content (AvgIpc) is 3.14. The van der Waals surface area contributed by atoms with E-state index in [4.69, 9.17) is 32.7 Å². The van der Waals surface area contributed by atoms with E-state index in [0.29, 0.717) is 33.7 Å². The van der Waals surface area contributed by atoms with Crippen LogP contribution in [0.15, 0.2) is 77.5 Å². The number of methoxy groups -OCH3 is 1. The zero-order chi connectivity index (χ0) is 25.6. The minimum Gasteiger partial charge on any atom is -0.486 e. The molecule has 0 saturated heterocycles. The van der Waals surface area contributed by atoms with Gasteiger partial charge in [-0.1, -0.05) is 65.7 Å². The number of halogens is 3. The Morgan fingerprint density at radius 3 is 2.33 bits per heavy atom. The fourth-order valence-corrected chi connectivity index (χ4v) is 5.31. The first-order valence-corrected chi connectivity index (χ1v) is 11.9. The Morgan fingerprint density at radius 1 is 1.03 bits per heavy atom. The molecule has 0 spiro atoms. The van der Waals surface area contributed by atoms with Gasteiger partial charge in [0.05, 0.1) is 28.4 Å². The standard InChI is InChI=1S/C28H20Cl2FNO4/c1-14-22(28(34)35-2)23(24-25(32-14)17-8-4-5-9-18(17)26(24)33)16-11-19(29)27(20(30)12-16)36-13-15-7-3-6-10-21(15)31/h3-12,23,32H,13H2,1-2H3/t23-/m1/s1. The molecule has 0 unspecified atom stereocenters. The lowest BCUT2D eigenvalue weighted by Gasteiger charge is -2.29. The molecule has 0 bridgehead atoms. The highest BCUT2D eigenvalue weighted by Crippen LogP contribution is 2.48. The molecule has 1 N–H and O–H groups in total. The molecule has 1 heterocycles. The van der Waals surface area contributed by atoms with Crippen LogP contribution in [-0.4, -0.2) is 18.9 Å². The summed E-state index contributed by atoms with van der Waals surface area (Å²) in [4.78, 5) is 26.4. The van der Waals surface area contributed by atoms with Crippen molar-refractivity contribution in [2.75, 3.05) is 7.11 Å². The number of dihydropyridines is 1. The molecule has 8 heteroatoms. The van der Waals surface area contributed by atoms with Crippen molar-refractivity contribution in [3.05, 3.63) is 116 Å². The molecule has 0 saturated carbocycles. The monoisotopic (exact) mass is 523 g/mol. The van der Waals surface area contributed by atoms with Crippen LogP contribution in [0.3, 0.4) is 0 Å². The van der Waals surface area contributed by atoms with Crippen molar-refractivity contribution in [3.63, 3.8) is 0 Å². The van der Waals surface area contributed by atoms with Crippen molar-refractivity contribution in [1.82, 2.24) is 5.32 Å². The van der Waals surface area contributed by atoms with Gasteiger partial charge in [-0.2, -0.15) is 0 Å². The first-order valence-electron chi connectivity index (χ1n) is 11.1. The summed E-state index contributed by atoms with van der Waals surface area (Å²) in [5, 5.41) is 3.56. The quantitative estimate of drug-likeness (QED) is 0.389. The van der Waals surface area contributed by atoms with Gasteiger partial charge in [0.2, 0.25) is 0 Å². The number of hydrogen-bond acceptors (Lipinski definition) is 5. The maximum Gasteiger partial charge on any atom is 0.336 e. The van der Waals surface area contributed by atoms with Crippen LogP contribution in [0.2, 0.25) is 10.0 Å². The fourth-order valence-electron chi connectivity index (χ4n) is 4.69. The van der Waals surface area contributed by atoms with Crippen LogP contribution in [0, 0.1) is 5.82 Å². The number of carbonyl (C=O) groups is 2. The van der Waals surface area contributed by atoms with Crippen molar-refractivity contribution in [2.45, 2.75) is 19.4 Å². The Balaban J connectivity index is 1.59. The van der Waals surface area contributed by atoms with Gasteiger partial charge in [-0.25, -0.2) is 9.18 Å². The lowest BCUT2D eigenvalue weighted by molar-refractivity contribution is -0.136. The van der Waals surface area contributed by atoms with E-state index in [9.17, 15) is 14.0 Å². The summed E-state index contributed by atoms with van der Waals surface area (Å²) in [6.45, 7) is 1.68. The molecule has 182 valence electrons. The maximum absolute atomic E-state index is 14.0. The molecule has 0 fully saturated rings. The van der Waals surface area contributed by atoms with Crippen LogP contribution in [0.1, 0.15) is 39.9 Å². The van der Waals surface area contributed by atoms with Crippen LogP contribution in [0.25, 0.3) is 5.70 Å². The summed E-state index contributed by atoms with van der Waals surface area (Å²) in [5.41, 5.74) is 4.06. The van der Waals surface area contributed by atoms with Crippen molar-refractivity contribution in [2.24, 2.45) is 0 Å². The number of esters is 1. The van der Waals surface area contributed by atoms with Gasteiger partial charge in [-0.3, -0.25) is 4.79 Å². The first-order chi connectivity index (χ1) is 17.3.